The van der Waals surface area contributed by atoms with Crippen molar-refractivity contribution in [1.82, 2.24) is 19.6 Å². The zero-order valence-electron chi connectivity index (χ0n) is 19.0. The molecule has 2 aromatic rings. The van der Waals surface area contributed by atoms with Crippen LogP contribution in [0.5, 0.6) is 0 Å². The Kier molecular flexibility index (Phi) is 6.07. The quantitative estimate of drug-likeness (QED) is 0.660. The number of carbonyl (C=O) groups excluding carboxylic acids is 3. The number of rotatable bonds is 4. The van der Waals surface area contributed by atoms with Crippen LogP contribution in [-0.4, -0.2) is 81.1 Å². The third-order valence-electron chi connectivity index (χ3n) is 7.15. The van der Waals surface area contributed by atoms with E-state index in [0.717, 1.165) is 58.2 Å². The van der Waals surface area contributed by atoms with Crippen molar-refractivity contribution in [3.8, 4) is 0 Å². The second-order valence-electron chi connectivity index (χ2n) is 9.55. The Morgan fingerprint density at radius 3 is 2.29 bits per heavy atom. The molecule has 0 spiro atoms. The first-order chi connectivity index (χ1) is 16.5. The summed E-state index contributed by atoms with van der Waals surface area (Å²) in [5, 5.41) is 15.0. The van der Waals surface area contributed by atoms with Crippen molar-refractivity contribution in [2.45, 2.75) is 44.6 Å². The normalized spacial score (nSPS) is 23.6. The lowest BCUT2D eigenvalue weighted by atomic mass is 10.0. The van der Waals surface area contributed by atoms with Crippen LogP contribution < -0.4 is 5.32 Å². The molecule has 5 fully saturated rings. The predicted molar refractivity (Wildman–Crippen MR) is 124 cm³/mol. The van der Waals surface area contributed by atoms with Crippen molar-refractivity contribution in [3.63, 3.8) is 0 Å². The topological polar surface area (TPSA) is 125 Å². The number of benzene rings is 1. The van der Waals surface area contributed by atoms with E-state index < -0.39 is 0 Å². The standard InChI is InChI=1S/C23H27N5O3.CH2O2/c29-21(14-1-2-14)24-16-5-6-19-18(13-16)20(25-28(19)22(30)15-3-4-15)23(31)27-12-11-26-9-7-17(27)8-10-26;2-1-3/h5-6,13-15,17H,1-4,7-12H2,(H,24,29);1H,(H,2,3). The third-order valence-corrected chi connectivity index (χ3v) is 7.15. The maximum atomic E-state index is 13.7. The first kappa shape index (κ1) is 22.5. The molecule has 1 aromatic heterocycles. The van der Waals surface area contributed by atoms with Gasteiger partial charge in [-0.25, -0.2) is 0 Å². The van der Waals surface area contributed by atoms with Crippen LogP contribution in [0.1, 0.15) is 53.8 Å². The molecule has 10 nitrogen and oxygen atoms in total. The summed E-state index contributed by atoms with van der Waals surface area (Å²) in [6.07, 6.45) is 5.58. The molecular weight excluding hydrogens is 438 g/mol. The van der Waals surface area contributed by atoms with E-state index >= 15 is 0 Å². The summed E-state index contributed by atoms with van der Waals surface area (Å²) in [7, 11) is 0. The summed E-state index contributed by atoms with van der Waals surface area (Å²) in [5.41, 5.74) is 1.62. The fraction of sp³-hybridized carbons (Fsp3) is 0.542. The molecule has 0 unspecified atom stereocenters. The Balaban J connectivity index is 0.000000764. The van der Waals surface area contributed by atoms with Crippen molar-refractivity contribution in [2.24, 2.45) is 11.8 Å². The van der Waals surface area contributed by atoms with Gasteiger partial charge in [0.15, 0.2) is 5.69 Å². The van der Waals surface area contributed by atoms with Crippen molar-refractivity contribution < 1.29 is 24.3 Å². The Labute approximate surface area is 196 Å². The lowest BCUT2D eigenvalue weighted by molar-refractivity contribution is -0.123. The highest BCUT2D eigenvalue weighted by Gasteiger charge is 2.37. The number of nitrogens with zero attached hydrogens (tertiary/aromatic N) is 4. The van der Waals surface area contributed by atoms with Crippen LogP contribution in [0.15, 0.2) is 18.2 Å². The monoisotopic (exact) mass is 467 g/mol. The Morgan fingerprint density at radius 1 is 0.971 bits per heavy atom. The van der Waals surface area contributed by atoms with Crippen LogP contribution in [0, 0.1) is 11.8 Å². The van der Waals surface area contributed by atoms with Crippen LogP contribution in [0.4, 0.5) is 5.69 Å². The average Bonchev–Trinajstić information content (AvgIpc) is 3.72. The van der Waals surface area contributed by atoms with Gasteiger partial charge >= 0.3 is 0 Å². The van der Waals surface area contributed by atoms with E-state index in [2.05, 4.69) is 15.3 Å². The Morgan fingerprint density at radius 2 is 1.65 bits per heavy atom. The van der Waals surface area contributed by atoms with E-state index in [9.17, 15) is 14.4 Å². The molecule has 4 heterocycles. The molecule has 0 radical (unpaired) electrons. The summed E-state index contributed by atoms with van der Waals surface area (Å²) in [6.45, 7) is 3.37. The summed E-state index contributed by atoms with van der Waals surface area (Å²) in [4.78, 5) is 51.5. The zero-order chi connectivity index (χ0) is 23.8. The highest BCUT2D eigenvalue weighted by molar-refractivity contribution is 6.09. The van der Waals surface area contributed by atoms with Gasteiger partial charge < -0.3 is 20.2 Å². The summed E-state index contributed by atoms with van der Waals surface area (Å²) in [5.74, 6) is -0.0269. The van der Waals surface area contributed by atoms with Gasteiger partial charge in [0, 0.05) is 55.1 Å². The molecule has 2 amide bonds. The van der Waals surface area contributed by atoms with Gasteiger partial charge in [0.25, 0.3) is 18.3 Å². The zero-order valence-corrected chi connectivity index (χ0v) is 19.0. The van der Waals surface area contributed by atoms with E-state index in [-0.39, 0.29) is 42.1 Å². The fourth-order valence-electron chi connectivity index (χ4n) is 4.90. The van der Waals surface area contributed by atoms with Gasteiger partial charge in [0.05, 0.1) is 5.52 Å². The second-order valence-corrected chi connectivity index (χ2v) is 9.55. The van der Waals surface area contributed by atoms with Gasteiger partial charge in [-0.15, -0.1) is 0 Å². The largest absolute Gasteiger partial charge is 0.483 e. The molecular formula is C24H29N5O5. The maximum absolute atomic E-state index is 13.7. The number of piperidine rings is 1. The Hall–Kier alpha value is -3.27. The third kappa shape index (κ3) is 4.42. The van der Waals surface area contributed by atoms with Crippen LogP contribution >= 0.6 is 0 Å². The fourth-order valence-corrected chi connectivity index (χ4v) is 4.90. The molecule has 2 aliphatic carbocycles. The molecule has 34 heavy (non-hydrogen) atoms. The lowest BCUT2D eigenvalue weighted by Crippen LogP contribution is -2.41. The molecule has 2 N–H and O–H groups in total. The second kappa shape index (κ2) is 9.17. The van der Waals surface area contributed by atoms with Gasteiger partial charge in [-0.1, -0.05) is 0 Å². The smallest absolute Gasteiger partial charge is 0.290 e. The van der Waals surface area contributed by atoms with Crippen molar-refractivity contribution in [1.29, 1.82) is 0 Å². The highest BCUT2D eigenvalue weighted by Crippen LogP contribution is 2.34. The molecule has 3 aliphatic heterocycles. The minimum atomic E-state index is -0.250. The van der Waals surface area contributed by atoms with Crippen LogP contribution in [-0.2, 0) is 9.59 Å². The summed E-state index contributed by atoms with van der Waals surface area (Å²) in [6, 6.07) is 5.64. The Bertz CT molecular complexity index is 1130. The van der Waals surface area contributed by atoms with Gasteiger partial charge in [-0.05, 0) is 56.7 Å². The molecule has 5 aliphatic rings. The number of aromatic nitrogens is 2. The predicted octanol–water partition coefficient (Wildman–Crippen LogP) is 2.06. The van der Waals surface area contributed by atoms with Gasteiger partial charge in [-0.3, -0.25) is 19.2 Å². The SMILES string of the molecule is O=C(Nc1ccc2c(c1)c(C(=O)N1CCN3CCC1CC3)nn2C(=O)C1CC1)C1CC1.O=CO. The molecule has 10 heteroatoms. The summed E-state index contributed by atoms with van der Waals surface area (Å²) < 4.78 is 1.42. The minimum Gasteiger partial charge on any atom is -0.483 e. The van der Waals surface area contributed by atoms with Gasteiger partial charge in [-0.2, -0.15) is 9.78 Å². The number of amides is 2. The molecule has 2 bridgehead atoms. The van der Waals surface area contributed by atoms with Crippen molar-refractivity contribution >= 4 is 40.8 Å². The van der Waals surface area contributed by atoms with Gasteiger partial charge in [0.2, 0.25) is 5.91 Å². The number of hydrogen-bond donors (Lipinski definition) is 2. The van der Waals surface area contributed by atoms with Crippen LogP contribution in [0.25, 0.3) is 10.9 Å². The summed E-state index contributed by atoms with van der Waals surface area (Å²) >= 11 is 0. The number of carbonyl (C=O) groups is 4. The number of nitrogens with one attached hydrogen (secondary N) is 1. The first-order valence-electron chi connectivity index (χ1n) is 12.0. The van der Waals surface area contributed by atoms with E-state index in [1.165, 1.54) is 4.68 Å². The number of carboxylic acid groups (broad SMARTS) is 1. The molecule has 0 atom stereocenters. The van der Waals surface area contributed by atoms with Crippen LogP contribution in [0.2, 0.25) is 0 Å². The van der Waals surface area contributed by atoms with E-state index in [1.54, 1.807) is 6.07 Å². The molecule has 1 aromatic carbocycles. The van der Waals surface area contributed by atoms with E-state index in [4.69, 9.17) is 9.90 Å². The highest BCUT2D eigenvalue weighted by atomic mass is 16.3. The first-order valence-corrected chi connectivity index (χ1v) is 12.0. The lowest BCUT2D eigenvalue weighted by Gasteiger charge is -2.31. The van der Waals surface area contributed by atoms with Crippen molar-refractivity contribution in [3.05, 3.63) is 23.9 Å². The molecule has 2 saturated carbocycles. The average molecular weight is 468 g/mol. The minimum absolute atomic E-state index is 0.00174. The van der Waals surface area contributed by atoms with Crippen molar-refractivity contribution in [2.75, 3.05) is 31.5 Å². The maximum Gasteiger partial charge on any atom is 0.290 e. The molecule has 7 rings (SSSR count). The number of fused-ring (bicyclic) bond motifs is 5. The number of anilines is 1. The van der Waals surface area contributed by atoms with Gasteiger partial charge in [0.1, 0.15) is 0 Å². The molecule has 3 saturated heterocycles. The van der Waals surface area contributed by atoms with E-state index in [0.29, 0.717) is 28.8 Å². The van der Waals surface area contributed by atoms with Crippen LogP contribution in [0.3, 0.4) is 0 Å². The molecule has 180 valence electrons. The van der Waals surface area contributed by atoms with E-state index in [1.807, 2.05) is 17.0 Å². The number of hydrogen-bond acceptors (Lipinski definition) is 6.